The average molecular weight is 357 g/mol. The molecule has 3 aliphatic rings. The zero-order valence-electron chi connectivity index (χ0n) is 15.5. The fourth-order valence-electron chi connectivity index (χ4n) is 4.62. The largest absolute Gasteiger partial charge is 0.495 e. The summed E-state index contributed by atoms with van der Waals surface area (Å²) in [6.45, 7) is 2.40. The minimum atomic E-state index is -0.291. The third kappa shape index (κ3) is 3.30. The lowest BCUT2D eigenvalue weighted by Gasteiger charge is -2.30. The molecule has 3 fully saturated rings. The van der Waals surface area contributed by atoms with Crippen LogP contribution in [0, 0.1) is 12.8 Å². The van der Waals surface area contributed by atoms with E-state index in [9.17, 15) is 9.59 Å². The van der Waals surface area contributed by atoms with Crippen LogP contribution in [0.3, 0.4) is 0 Å². The first-order valence-electron chi connectivity index (χ1n) is 9.55. The van der Waals surface area contributed by atoms with Gasteiger partial charge >= 0.3 is 0 Å². The smallest absolute Gasteiger partial charge is 0.227 e. The molecule has 0 aliphatic carbocycles. The van der Waals surface area contributed by atoms with Gasteiger partial charge in [0.2, 0.25) is 11.8 Å². The number of piperidine rings is 1. The molecule has 0 aromatic heterocycles. The number of methoxy groups -OCH3 is 1. The fraction of sp³-hybridized carbons (Fsp3) is 0.600. The van der Waals surface area contributed by atoms with Crippen molar-refractivity contribution in [2.24, 2.45) is 5.92 Å². The van der Waals surface area contributed by atoms with Crippen molar-refractivity contribution in [3.05, 3.63) is 23.8 Å². The Balaban J connectivity index is 1.43. The van der Waals surface area contributed by atoms with Gasteiger partial charge in [0, 0.05) is 31.1 Å². The third-order valence-corrected chi connectivity index (χ3v) is 5.94. The molecule has 0 radical (unpaired) electrons. The molecule has 140 valence electrons. The lowest BCUT2D eigenvalue weighted by Crippen LogP contribution is -2.49. The zero-order chi connectivity index (χ0) is 18.3. The molecular formula is C20H27N3O3. The Morgan fingerprint density at radius 1 is 1.27 bits per heavy atom. The van der Waals surface area contributed by atoms with E-state index in [-0.39, 0.29) is 30.2 Å². The number of anilines is 1. The van der Waals surface area contributed by atoms with Gasteiger partial charge in [-0.2, -0.15) is 0 Å². The van der Waals surface area contributed by atoms with E-state index in [0.29, 0.717) is 24.4 Å². The summed E-state index contributed by atoms with van der Waals surface area (Å²) in [5.74, 6) is 0.374. The van der Waals surface area contributed by atoms with Gasteiger partial charge in [0.05, 0.1) is 18.7 Å². The number of carbonyl (C=O) groups is 2. The Bertz CT molecular complexity index is 708. The predicted molar refractivity (Wildman–Crippen MR) is 99.3 cm³/mol. The van der Waals surface area contributed by atoms with E-state index in [1.165, 1.54) is 12.8 Å². The molecule has 1 aromatic rings. The third-order valence-electron chi connectivity index (χ3n) is 5.94. The molecule has 3 aliphatic heterocycles. The first kappa shape index (κ1) is 17.3. The second-order valence-electron chi connectivity index (χ2n) is 7.90. The van der Waals surface area contributed by atoms with Crippen LogP contribution in [0.1, 0.15) is 37.7 Å². The van der Waals surface area contributed by atoms with Crippen LogP contribution in [-0.4, -0.2) is 43.6 Å². The number of rotatable bonds is 4. The van der Waals surface area contributed by atoms with Crippen molar-refractivity contribution in [2.75, 3.05) is 18.6 Å². The number of nitrogens with zero attached hydrogens (tertiary/aromatic N) is 1. The Labute approximate surface area is 154 Å². The maximum absolute atomic E-state index is 12.7. The highest BCUT2D eigenvalue weighted by atomic mass is 16.5. The van der Waals surface area contributed by atoms with Crippen molar-refractivity contribution in [2.45, 2.75) is 57.2 Å². The highest BCUT2D eigenvalue weighted by Crippen LogP contribution is 2.34. The quantitative estimate of drug-likeness (QED) is 0.861. The molecular weight excluding hydrogens is 330 g/mol. The molecule has 1 aromatic carbocycles. The number of hydrogen-bond donors (Lipinski definition) is 2. The number of benzene rings is 1. The van der Waals surface area contributed by atoms with Crippen LogP contribution < -0.4 is 20.3 Å². The molecule has 3 heterocycles. The summed E-state index contributed by atoms with van der Waals surface area (Å²) >= 11 is 0. The molecule has 4 rings (SSSR count). The van der Waals surface area contributed by atoms with E-state index in [2.05, 4.69) is 10.6 Å². The van der Waals surface area contributed by atoms with Crippen LogP contribution in [0.15, 0.2) is 18.2 Å². The standard InChI is InChI=1S/C20H27N3O3/c1-12-3-6-18(26-2)17(7-12)23-11-13(8-19(23)24)20(25)22-16-9-14-4-5-15(10-16)21-14/h3,6-7,13-16,21H,4-5,8-11H2,1-2H3,(H,22,25). The lowest BCUT2D eigenvalue weighted by atomic mass is 9.98. The highest BCUT2D eigenvalue weighted by Gasteiger charge is 2.39. The van der Waals surface area contributed by atoms with Crippen LogP contribution in [0.4, 0.5) is 5.69 Å². The Morgan fingerprint density at radius 3 is 2.69 bits per heavy atom. The highest BCUT2D eigenvalue weighted by molar-refractivity contribution is 6.01. The van der Waals surface area contributed by atoms with Gasteiger partial charge in [0.15, 0.2) is 0 Å². The average Bonchev–Trinajstić information content (AvgIpc) is 3.17. The first-order chi connectivity index (χ1) is 12.5. The van der Waals surface area contributed by atoms with Gasteiger partial charge < -0.3 is 20.3 Å². The van der Waals surface area contributed by atoms with Gasteiger partial charge in [-0.3, -0.25) is 9.59 Å². The van der Waals surface area contributed by atoms with E-state index < -0.39 is 0 Å². The van der Waals surface area contributed by atoms with E-state index in [1.807, 2.05) is 25.1 Å². The van der Waals surface area contributed by atoms with Crippen molar-refractivity contribution in [3.63, 3.8) is 0 Å². The molecule has 0 spiro atoms. The summed E-state index contributed by atoms with van der Waals surface area (Å²) < 4.78 is 5.41. The second-order valence-corrected chi connectivity index (χ2v) is 7.90. The van der Waals surface area contributed by atoms with Crippen LogP contribution in [0.5, 0.6) is 5.75 Å². The Kier molecular flexibility index (Phi) is 4.61. The maximum Gasteiger partial charge on any atom is 0.227 e. The zero-order valence-corrected chi connectivity index (χ0v) is 15.5. The first-order valence-corrected chi connectivity index (χ1v) is 9.55. The van der Waals surface area contributed by atoms with Crippen molar-refractivity contribution in [1.82, 2.24) is 10.6 Å². The molecule has 0 saturated carbocycles. The predicted octanol–water partition coefficient (Wildman–Crippen LogP) is 1.76. The van der Waals surface area contributed by atoms with Gasteiger partial charge in [-0.15, -0.1) is 0 Å². The van der Waals surface area contributed by atoms with E-state index in [4.69, 9.17) is 4.74 Å². The summed E-state index contributed by atoms with van der Waals surface area (Å²) in [4.78, 5) is 27.0. The van der Waals surface area contributed by atoms with Crippen molar-refractivity contribution < 1.29 is 14.3 Å². The van der Waals surface area contributed by atoms with E-state index in [0.717, 1.165) is 24.1 Å². The molecule has 3 atom stereocenters. The van der Waals surface area contributed by atoms with Gasteiger partial charge in [0.1, 0.15) is 5.75 Å². The van der Waals surface area contributed by atoms with Gasteiger partial charge in [0.25, 0.3) is 0 Å². The molecule has 26 heavy (non-hydrogen) atoms. The maximum atomic E-state index is 12.7. The summed E-state index contributed by atoms with van der Waals surface area (Å²) in [5, 5.41) is 6.79. The number of hydrogen-bond acceptors (Lipinski definition) is 4. The van der Waals surface area contributed by atoms with Crippen LogP contribution in [0.25, 0.3) is 0 Å². The Hall–Kier alpha value is -2.08. The van der Waals surface area contributed by atoms with Gasteiger partial charge in [-0.1, -0.05) is 6.07 Å². The lowest BCUT2D eigenvalue weighted by molar-refractivity contribution is -0.127. The molecule has 6 nitrogen and oxygen atoms in total. The molecule has 3 unspecified atom stereocenters. The summed E-state index contributed by atoms with van der Waals surface area (Å²) in [6.07, 6.45) is 4.68. The summed E-state index contributed by atoms with van der Waals surface area (Å²) in [5.41, 5.74) is 1.82. The van der Waals surface area contributed by atoms with Crippen molar-refractivity contribution >= 4 is 17.5 Å². The van der Waals surface area contributed by atoms with Crippen LogP contribution in [0.2, 0.25) is 0 Å². The van der Waals surface area contributed by atoms with E-state index in [1.54, 1.807) is 12.0 Å². The number of nitrogens with one attached hydrogen (secondary N) is 2. The number of aryl methyl sites for hydroxylation is 1. The van der Waals surface area contributed by atoms with Crippen molar-refractivity contribution in [3.8, 4) is 5.75 Å². The molecule has 3 saturated heterocycles. The number of ether oxygens (including phenoxy) is 1. The second kappa shape index (κ2) is 6.91. The van der Waals surface area contributed by atoms with Gasteiger partial charge in [-0.25, -0.2) is 0 Å². The molecule has 2 amide bonds. The molecule has 2 N–H and O–H groups in total. The normalized spacial score (nSPS) is 30.5. The minimum Gasteiger partial charge on any atom is -0.495 e. The summed E-state index contributed by atoms with van der Waals surface area (Å²) in [7, 11) is 1.60. The molecule has 2 bridgehead atoms. The number of amides is 2. The Morgan fingerprint density at radius 2 is 2.00 bits per heavy atom. The molecule has 6 heteroatoms. The van der Waals surface area contributed by atoms with E-state index >= 15 is 0 Å². The summed E-state index contributed by atoms with van der Waals surface area (Å²) in [6, 6.07) is 7.09. The fourth-order valence-corrected chi connectivity index (χ4v) is 4.62. The minimum absolute atomic E-state index is 0.0127. The monoisotopic (exact) mass is 357 g/mol. The SMILES string of the molecule is COc1ccc(C)cc1N1CC(C(=O)NC2CC3CCC(C2)N3)CC1=O. The van der Waals surface area contributed by atoms with Crippen molar-refractivity contribution in [1.29, 1.82) is 0 Å². The van der Waals surface area contributed by atoms with Crippen LogP contribution in [-0.2, 0) is 9.59 Å². The topological polar surface area (TPSA) is 70.7 Å². The van der Waals surface area contributed by atoms with Crippen LogP contribution >= 0.6 is 0 Å². The number of fused-ring (bicyclic) bond motifs is 2. The number of carbonyl (C=O) groups excluding carboxylic acids is 2. The van der Waals surface area contributed by atoms with Gasteiger partial charge in [-0.05, 0) is 50.3 Å².